The summed E-state index contributed by atoms with van der Waals surface area (Å²) in [5, 5.41) is 10.6. The van der Waals surface area contributed by atoms with E-state index in [1.165, 1.54) is 17.0 Å². The lowest BCUT2D eigenvalue weighted by Crippen LogP contribution is -3.14. The summed E-state index contributed by atoms with van der Waals surface area (Å²) in [6.45, 7) is 6.25. The molecule has 1 aromatic carbocycles. The number of hydrogen-bond donors (Lipinski definition) is 1. The molecule has 1 heterocycles. The molecule has 0 spiro atoms. The van der Waals surface area contributed by atoms with Crippen molar-refractivity contribution in [3.63, 3.8) is 0 Å². The smallest absolute Gasteiger partial charge is 0.273 e. The van der Waals surface area contributed by atoms with Gasteiger partial charge in [-0.1, -0.05) is 6.07 Å². The van der Waals surface area contributed by atoms with E-state index < -0.39 is 4.92 Å². The van der Waals surface area contributed by atoms with Gasteiger partial charge in [-0.3, -0.25) is 10.1 Å². The lowest BCUT2D eigenvalue weighted by Gasteiger charge is -2.23. The van der Waals surface area contributed by atoms with Crippen molar-refractivity contribution in [1.82, 2.24) is 0 Å². The normalized spacial score (nSPS) is 15.8. The highest BCUT2D eigenvalue weighted by molar-refractivity contribution is 5.37. The van der Waals surface area contributed by atoms with Crippen LogP contribution in [-0.4, -0.2) is 57.6 Å². The van der Waals surface area contributed by atoms with Gasteiger partial charge in [-0.2, -0.15) is 0 Å². The molecule has 1 aliphatic heterocycles. The number of morpholine rings is 1. The minimum Gasteiger partial charge on any atom is -0.491 e. The maximum absolute atomic E-state index is 10.6. The van der Waals surface area contributed by atoms with Crippen LogP contribution in [0.4, 0.5) is 5.69 Å². The van der Waals surface area contributed by atoms with E-state index in [-0.39, 0.29) is 5.69 Å². The average molecular weight is 297 g/mol. The Morgan fingerprint density at radius 2 is 2.05 bits per heavy atom. The zero-order valence-corrected chi connectivity index (χ0v) is 12.0. The van der Waals surface area contributed by atoms with Crippen molar-refractivity contribution in [2.45, 2.75) is 0 Å². The van der Waals surface area contributed by atoms with E-state index in [1.807, 2.05) is 0 Å². The Morgan fingerprint density at radius 1 is 1.24 bits per heavy atom. The van der Waals surface area contributed by atoms with Gasteiger partial charge in [0.1, 0.15) is 32.0 Å². The number of hydrogen-bond acceptors (Lipinski definition) is 5. The second-order valence-electron chi connectivity index (χ2n) is 4.83. The molecular formula is C14H21N2O5+. The van der Waals surface area contributed by atoms with Gasteiger partial charge < -0.3 is 19.1 Å². The summed E-state index contributed by atoms with van der Waals surface area (Å²) in [6.07, 6.45) is 0. The molecule has 21 heavy (non-hydrogen) atoms. The topological polar surface area (TPSA) is 75.3 Å². The SMILES string of the molecule is O=[N+]([O-])c1cccc(OCCOCC[NH+]2CCOCC2)c1. The van der Waals surface area contributed by atoms with Crippen molar-refractivity contribution in [2.24, 2.45) is 0 Å². The number of ether oxygens (including phenoxy) is 3. The average Bonchev–Trinajstić information content (AvgIpc) is 2.52. The van der Waals surface area contributed by atoms with Crippen molar-refractivity contribution < 1.29 is 24.0 Å². The van der Waals surface area contributed by atoms with Crippen molar-refractivity contribution in [1.29, 1.82) is 0 Å². The monoisotopic (exact) mass is 297 g/mol. The lowest BCUT2D eigenvalue weighted by molar-refractivity contribution is -0.908. The number of nitrogens with one attached hydrogen (secondary N) is 1. The molecule has 1 fully saturated rings. The fraction of sp³-hybridized carbons (Fsp3) is 0.571. The van der Waals surface area contributed by atoms with Crippen molar-refractivity contribution in [2.75, 3.05) is 52.7 Å². The quantitative estimate of drug-likeness (QED) is 0.412. The minimum absolute atomic E-state index is 0.0318. The molecule has 0 saturated carbocycles. The van der Waals surface area contributed by atoms with Gasteiger partial charge in [0, 0.05) is 6.07 Å². The Labute approximate surface area is 123 Å². The first kappa shape index (κ1) is 15.7. The number of nitro benzene ring substituents is 1. The first-order chi connectivity index (χ1) is 10.3. The molecule has 0 bridgehead atoms. The van der Waals surface area contributed by atoms with Gasteiger partial charge >= 0.3 is 0 Å². The predicted octanol–water partition coefficient (Wildman–Crippen LogP) is -0.0947. The third-order valence-corrected chi connectivity index (χ3v) is 3.32. The molecule has 0 amide bonds. The Kier molecular flexibility index (Phi) is 6.39. The van der Waals surface area contributed by atoms with Crippen molar-refractivity contribution >= 4 is 5.69 Å². The highest BCUT2D eigenvalue weighted by Crippen LogP contribution is 2.18. The van der Waals surface area contributed by atoms with Gasteiger partial charge in [-0.15, -0.1) is 0 Å². The molecule has 0 unspecified atom stereocenters. The highest BCUT2D eigenvalue weighted by Gasteiger charge is 2.12. The van der Waals surface area contributed by atoms with E-state index in [0.29, 0.717) is 25.6 Å². The van der Waals surface area contributed by atoms with Gasteiger partial charge in [0.2, 0.25) is 0 Å². The molecule has 116 valence electrons. The van der Waals surface area contributed by atoms with Crippen LogP contribution in [0.1, 0.15) is 0 Å². The maximum Gasteiger partial charge on any atom is 0.273 e. The number of benzene rings is 1. The van der Waals surface area contributed by atoms with Gasteiger partial charge in [-0.25, -0.2) is 0 Å². The van der Waals surface area contributed by atoms with Gasteiger partial charge in [0.15, 0.2) is 0 Å². The molecule has 0 radical (unpaired) electrons. The summed E-state index contributed by atoms with van der Waals surface area (Å²) in [5.41, 5.74) is 0.0318. The number of quaternary nitrogens is 1. The fourth-order valence-electron chi connectivity index (χ4n) is 2.13. The minimum atomic E-state index is -0.436. The molecule has 7 nitrogen and oxygen atoms in total. The van der Waals surface area contributed by atoms with E-state index in [4.69, 9.17) is 14.2 Å². The molecule has 1 aromatic rings. The van der Waals surface area contributed by atoms with E-state index in [2.05, 4.69) is 0 Å². The molecule has 0 aromatic heterocycles. The standard InChI is InChI=1S/C14H20N2O5/c17-16(18)13-2-1-3-14(12-13)21-11-10-20-9-6-15-4-7-19-8-5-15/h1-3,12H,4-11H2/p+1. The first-order valence-corrected chi connectivity index (χ1v) is 7.12. The van der Waals surface area contributed by atoms with Gasteiger partial charge in [0.25, 0.3) is 5.69 Å². The zero-order valence-electron chi connectivity index (χ0n) is 12.0. The zero-order chi connectivity index (χ0) is 14.9. The Hall–Kier alpha value is -1.70. The van der Waals surface area contributed by atoms with Crippen LogP contribution in [0, 0.1) is 10.1 Å². The van der Waals surface area contributed by atoms with Crippen LogP contribution in [0.3, 0.4) is 0 Å². The van der Waals surface area contributed by atoms with E-state index in [9.17, 15) is 10.1 Å². The fourth-order valence-corrected chi connectivity index (χ4v) is 2.13. The molecule has 2 rings (SSSR count). The highest BCUT2D eigenvalue weighted by atomic mass is 16.6. The van der Waals surface area contributed by atoms with Crippen LogP contribution in [0.2, 0.25) is 0 Å². The summed E-state index contributed by atoms with van der Waals surface area (Å²) >= 11 is 0. The van der Waals surface area contributed by atoms with Crippen LogP contribution in [0.15, 0.2) is 24.3 Å². The van der Waals surface area contributed by atoms with Crippen LogP contribution < -0.4 is 9.64 Å². The Balaban J connectivity index is 1.57. The number of rotatable bonds is 8. The molecular weight excluding hydrogens is 276 g/mol. The van der Waals surface area contributed by atoms with Crippen LogP contribution >= 0.6 is 0 Å². The third-order valence-electron chi connectivity index (χ3n) is 3.32. The van der Waals surface area contributed by atoms with Crippen molar-refractivity contribution in [3.05, 3.63) is 34.4 Å². The predicted molar refractivity (Wildman–Crippen MR) is 75.8 cm³/mol. The number of nitrogens with zero attached hydrogens (tertiary/aromatic N) is 1. The van der Waals surface area contributed by atoms with E-state index in [1.54, 1.807) is 12.1 Å². The maximum atomic E-state index is 10.6. The third kappa shape index (κ3) is 5.66. The van der Waals surface area contributed by atoms with Crippen LogP contribution in [0.5, 0.6) is 5.75 Å². The van der Waals surface area contributed by atoms with E-state index >= 15 is 0 Å². The van der Waals surface area contributed by atoms with E-state index in [0.717, 1.165) is 32.8 Å². The molecule has 1 N–H and O–H groups in total. The largest absolute Gasteiger partial charge is 0.491 e. The Morgan fingerprint density at radius 3 is 2.81 bits per heavy atom. The number of non-ortho nitro benzene ring substituents is 1. The number of nitro groups is 1. The second-order valence-corrected chi connectivity index (χ2v) is 4.83. The summed E-state index contributed by atoms with van der Waals surface area (Å²) in [5.74, 6) is 0.492. The second kappa shape index (κ2) is 8.56. The first-order valence-electron chi connectivity index (χ1n) is 7.12. The summed E-state index contributed by atoms with van der Waals surface area (Å²) < 4.78 is 16.2. The molecule has 7 heteroatoms. The molecule has 1 saturated heterocycles. The molecule has 0 atom stereocenters. The lowest BCUT2D eigenvalue weighted by atomic mass is 10.3. The van der Waals surface area contributed by atoms with Crippen molar-refractivity contribution in [3.8, 4) is 5.75 Å². The molecule has 1 aliphatic rings. The van der Waals surface area contributed by atoms with Crippen LogP contribution in [-0.2, 0) is 9.47 Å². The van der Waals surface area contributed by atoms with Gasteiger partial charge in [-0.05, 0) is 6.07 Å². The Bertz CT molecular complexity index is 449. The summed E-state index contributed by atoms with van der Waals surface area (Å²) in [6, 6.07) is 6.16. The summed E-state index contributed by atoms with van der Waals surface area (Å²) in [7, 11) is 0. The van der Waals surface area contributed by atoms with Gasteiger partial charge in [0.05, 0.1) is 37.4 Å². The van der Waals surface area contributed by atoms with Crippen LogP contribution in [0.25, 0.3) is 0 Å². The summed E-state index contributed by atoms with van der Waals surface area (Å²) in [4.78, 5) is 11.7. The molecule has 0 aliphatic carbocycles.